The molecule has 0 aliphatic carbocycles. The Morgan fingerprint density at radius 3 is 2.79 bits per heavy atom. The van der Waals surface area contributed by atoms with Crippen LogP contribution in [0, 0.1) is 11.3 Å². The summed E-state index contributed by atoms with van der Waals surface area (Å²) in [5.41, 5.74) is 2.23. The van der Waals surface area contributed by atoms with Gasteiger partial charge in [-0.25, -0.2) is 0 Å². The molecule has 0 N–H and O–H groups in total. The summed E-state index contributed by atoms with van der Waals surface area (Å²) >= 11 is 3.37. The molecule has 0 saturated heterocycles. The Morgan fingerprint density at radius 2 is 2.00 bits per heavy atom. The Balaban J connectivity index is 1.95. The van der Waals surface area contributed by atoms with E-state index in [1.807, 2.05) is 42.5 Å². The van der Waals surface area contributed by atoms with Crippen LogP contribution in [0.2, 0.25) is 0 Å². The minimum absolute atomic E-state index is 0.255. The van der Waals surface area contributed by atoms with Crippen LogP contribution in [0.25, 0.3) is 0 Å². The van der Waals surface area contributed by atoms with Crippen LogP contribution >= 0.6 is 15.9 Å². The minimum Gasteiger partial charge on any atom is -0.390 e. The molecule has 93 valence electrons. The fraction of sp³-hybridized carbons (Fsp3) is 0.0667. The Bertz CT molecular complexity index is 632. The number of nitrogens with zero attached hydrogens (tertiary/aromatic N) is 2. The average Bonchev–Trinajstić information content (AvgIpc) is 2.44. The molecule has 0 heterocycles. The minimum atomic E-state index is 0.255. The van der Waals surface area contributed by atoms with Gasteiger partial charge >= 0.3 is 0 Å². The molecule has 0 saturated carbocycles. The van der Waals surface area contributed by atoms with Crippen molar-refractivity contribution in [2.45, 2.75) is 6.61 Å². The largest absolute Gasteiger partial charge is 0.390 e. The lowest BCUT2D eigenvalue weighted by molar-refractivity contribution is 0.132. The van der Waals surface area contributed by atoms with Gasteiger partial charge in [0.15, 0.2) is 0 Å². The molecule has 2 aromatic rings. The van der Waals surface area contributed by atoms with Crippen LogP contribution in [0.4, 0.5) is 0 Å². The van der Waals surface area contributed by atoms with Crippen molar-refractivity contribution in [3.05, 3.63) is 69.7 Å². The zero-order valence-electron chi connectivity index (χ0n) is 10.0. The van der Waals surface area contributed by atoms with Gasteiger partial charge in [-0.2, -0.15) is 5.26 Å². The molecular formula is C15H10BrN2O. The van der Waals surface area contributed by atoms with Crippen molar-refractivity contribution in [3.8, 4) is 6.07 Å². The van der Waals surface area contributed by atoms with E-state index in [1.54, 1.807) is 6.07 Å². The quantitative estimate of drug-likeness (QED) is 0.637. The molecule has 3 nitrogen and oxygen atoms in total. The molecule has 2 rings (SSSR count). The molecule has 0 unspecified atom stereocenters. The van der Waals surface area contributed by atoms with Crippen LogP contribution in [-0.2, 0) is 11.4 Å². The third kappa shape index (κ3) is 3.94. The zero-order chi connectivity index (χ0) is 13.5. The molecule has 0 aliphatic heterocycles. The van der Waals surface area contributed by atoms with Crippen molar-refractivity contribution in [2.24, 2.45) is 5.16 Å². The fourth-order valence-electron chi connectivity index (χ4n) is 1.50. The van der Waals surface area contributed by atoms with E-state index in [-0.39, 0.29) is 6.61 Å². The molecule has 2 aromatic carbocycles. The van der Waals surface area contributed by atoms with E-state index < -0.39 is 0 Å². The molecule has 1 radical (unpaired) electrons. The maximum atomic E-state index is 8.93. The summed E-state index contributed by atoms with van der Waals surface area (Å²) in [7, 11) is 0. The highest BCUT2D eigenvalue weighted by Gasteiger charge is 2.00. The first kappa shape index (κ1) is 13.3. The number of benzene rings is 2. The van der Waals surface area contributed by atoms with Gasteiger partial charge in [-0.05, 0) is 18.2 Å². The molecule has 0 amide bonds. The molecule has 19 heavy (non-hydrogen) atoms. The van der Waals surface area contributed by atoms with Gasteiger partial charge in [0, 0.05) is 15.6 Å². The first-order valence-corrected chi connectivity index (χ1v) is 6.40. The van der Waals surface area contributed by atoms with Crippen LogP contribution in [0.3, 0.4) is 0 Å². The predicted molar refractivity (Wildman–Crippen MR) is 76.6 cm³/mol. The smallest absolute Gasteiger partial charge is 0.143 e. The number of halogens is 1. The topological polar surface area (TPSA) is 45.4 Å². The molecule has 4 heteroatoms. The van der Waals surface area contributed by atoms with Crippen molar-refractivity contribution >= 4 is 22.1 Å². The van der Waals surface area contributed by atoms with Gasteiger partial charge in [0.25, 0.3) is 0 Å². The van der Waals surface area contributed by atoms with Crippen LogP contribution in [0.5, 0.6) is 0 Å². The summed E-state index contributed by atoms with van der Waals surface area (Å²) in [6, 6.07) is 17.0. The summed E-state index contributed by atoms with van der Waals surface area (Å²) in [6.45, 7) is 0.255. The normalized spacial score (nSPS) is 10.3. The Morgan fingerprint density at radius 1 is 1.16 bits per heavy atom. The molecule has 0 fully saturated rings. The number of hydrogen-bond donors (Lipinski definition) is 0. The van der Waals surface area contributed by atoms with Crippen molar-refractivity contribution in [1.82, 2.24) is 0 Å². The summed E-state index contributed by atoms with van der Waals surface area (Å²) in [5, 5.41) is 12.7. The van der Waals surface area contributed by atoms with Crippen LogP contribution < -0.4 is 0 Å². The van der Waals surface area contributed by atoms with E-state index in [2.05, 4.69) is 33.4 Å². The third-order valence-corrected chi connectivity index (χ3v) is 2.92. The SMILES string of the molecule is N#Cc1ccccc1CO/N=[C]\c1cccc(Br)c1. The second-order valence-corrected chi connectivity index (χ2v) is 4.67. The first-order valence-electron chi connectivity index (χ1n) is 5.61. The highest BCUT2D eigenvalue weighted by molar-refractivity contribution is 9.10. The molecule has 0 aromatic heterocycles. The summed E-state index contributed by atoms with van der Waals surface area (Å²) in [4.78, 5) is 5.15. The second-order valence-electron chi connectivity index (χ2n) is 3.76. The highest BCUT2D eigenvalue weighted by Crippen LogP contribution is 2.11. The van der Waals surface area contributed by atoms with Gasteiger partial charge in [-0.15, -0.1) is 0 Å². The standard InChI is InChI=1S/C15H10BrN2O/c16-15-7-3-4-12(8-15)10-18-19-11-14-6-2-1-5-13(14)9-17/h1-8H,11H2. The molecule has 0 aliphatic rings. The Hall–Kier alpha value is -2.12. The van der Waals surface area contributed by atoms with E-state index in [0.29, 0.717) is 5.56 Å². The van der Waals surface area contributed by atoms with E-state index >= 15 is 0 Å². The highest BCUT2D eigenvalue weighted by atomic mass is 79.9. The van der Waals surface area contributed by atoms with Gasteiger partial charge in [0.2, 0.25) is 0 Å². The average molecular weight is 314 g/mol. The monoisotopic (exact) mass is 313 g/mol. The Labute approximate surface area is 120 Å². The van der Waals surface area contributed by atoms with Crippen LogP contribution in [0.15, 0.2) is 58.2 Å². The van der Waals surface area contributed by atoms with E-state index in [0.717, 1.165) is 15.6 Å². The third-order valence-electron chi connectivity index (χ3n) is 2.42. The van der Waals surface area contributed by atoms with Crippen molar-refractivity contribution in [2.75, 3.05) is 0 Å². The molecular weight excluding hydrogens is 304 g/mol. The molecule has 0 atom stereocenters. The van der Waals surface area contributed by atoms with Gasteiger partial charge in [-0.1, -0.05) is 51.4 Å². The second kappa shape index (κ2) is 6.72. The van der Waals surface area contributed by atoms with E-state index in [4.69, 9.17) is 10.1 Å². The van der Waals surface area contributed by atoms with E-state index in [1.165, 1.54) is 0 Å². The van der Waals surface area contributed by atoms with Gasteiger partial charge in [0.1, 0.15) is 12.8 Å². The number of nitriles is 1. The summed E-state index contributed by atoms with van der Waals surface area (Å²) in [6.07, 6.45) is 2.78. The van der Waals surface area contributed by atoms with Gasteiger partial charge in [-0.3, -0.25) is 0 Å². The van der Waals surface area contributed by atoms with Gasteiger partial charge in [0.05, 0.1) is 11.6 Å². The zero-order valence-corrected chi connectivity index (χ0v) is 11.6. The summed E-state index contributed by atoms with van der Waals surface area (Å²) in [5.74, 6) is 0. The molecule has 0 bridgehead atoms. The fourth-order valence-corrected chi connectivity index (χ4v) is 1.90. The Kier molecular flexibility index (Phi) is 4.71. The number of rotatable bonds is 4. The van der Waals surface area contributed by atoms with Crippen molar-refractivity contribution < 1.29 is 4.84 Å². The first-order chi connectivity index (χ1) is 9.29. The van der Waals surface area contributed by atoms with Crippen molar-refractivity contribution in [1.29, 1.82) is 5.26 Å². The van der Waals surface area contributed by atoms with E-state index in [9.17, 15) is 0 Å². The predicted octanol–water partition coefficient (Wildman–Crippen LogP) is 3.75. The lowest BCUT2D eigenvalue weighted by atomic mass is 10.1. The lowest BCUT2D eigenvalue weighted by Crippen LogP contribution is -1.92. The lowest BCUT2D eigenvalue weighted by Gasteiger charge is -2.01. The van der Waals surface area contributed by atoms with Crippen LogP contribution in [-0.4, -0.2) is 6.21 Å². The van der Waals surface area contributed by atoms with Crippen LogP contribution in [0.1, 0.15) is 16.7 Å². The maximum Gasteiger partial charge on any atom is 0.143 e. The van der Waals surface area contributed by atoms with Crippen molar-refractivity contribution in [3.63, 3.8) is 0 Å². The maximum absolute atomic E-state index is 8.93. The summed E-state index contributed by atoms with van der Waals surface area (Å²) < 4.78 is 0.961. The number of hydrogen-bond acceptors (Lipinski definition) is 3. The molecule has 0 spiro atoms. The van der Waals surface area contributed by atoms with Gasteiger partial charge < -0.3 is 4.84 Å².